The lowest BCUT2D eigenvalue weighted by molar-refractivity contribution is 0.0594. The topological polar surface area (TPSA) is 77.9 Å². The fourth-order valence-corrected chi connectivity index (χ4v) is 2.53. The van der Waals surface area contributed by atoms with Gasteiger partial charge in [0.15, 0.2) is 5.69 Å². The number of aromatic nitrogens is 1. The number of methoxy groups -OCH3 is 1. The molecule has 1 aromatic carbocycles. The Balaban J connectivity index is 1.78. The van der Waals surface area contributed by atoms with Crippen LogP contribution in [0.3, 0.4) is 0 Å². The molecule has 1 aliphatic rings. The first-order chi connectivity index (χ1) is 9.67. The SMILES string of the molecule is COC(=O)c1csc(Oc2ccc3c(c2)COB3O)n1. The number of hydrogen-bond donors (Lipinski definition) is 1. The number of nitrogens with zero attached hydrogens (tertiary/aromatic N) is 1. The smallest absolute Gasteiger partial charge is 0.464 e. The second-order valence-electron chi connectivity index (χ2n) is 4.12. The molecule has 0 bridgehead atoms. The number of esters is 1. The highest BCUT2D eigenvalue weighted by molar-refractivity contribution is 7.11. The molecule has 0 atom stereocenters. The minimum Gasteiger partial charge on any atom is -0.464 e. The van der Waals surface area contributed by atoms with Gasteiger partial charge in [-0.15, -0.1) is 0 Å². The molecule has 0 amide bonds. The van der Waals surface area contributed by atoms with Crippen LogP contribution in [-0.2, 0) is 16.0 Å². The number of fused-ring (bicyclic) bond motifs is 1. The van der Waals surface area contributed by atoms with E-state index in [2.05, 4.69) is 9.72 Å². The van der Waals surface area contributed by atoms with Crippen LogP contribution >= 0.6 is 11.3 Å². The van der Waals surface area contributed by atoms with Crippen LogP contribution in [0.5, 0.6) is 10.9 Å². The van der Waals surface area contributed by atoms with E-state index < -0.39 is 13.1 Å². The molecule has 1 N–H and O–H groups in total. The van der Waals surface area contributed by atoms with Crippen molar-refractivity contribution < 1.29 is 23.9 Å². The predicted molar refractivity (Wildman–Crippen MR) is 72.4 cm³/mol. The molecule has 0 aliphatic carbocycles. The van der Waals surface area contributed by atoms with Gasteiger partial charge in [0.2, 0.25) is 0 Å². The summed E-state index contributed by atoms with van der Waals surface area (Å²) in [6, 6.07) is 5.25. The van der Waals surface area contributed by atoms with Crippen molar-refractivity contribution in [2.75, 3.05) is 7.11 Å². The monoisotopic (exact) mass is 291 g/mol. The zero-order valence-electron chi connectivity index (χ0n) is 10.5. The third-order valence-electron chi connectivity index (χ3n) is 2.86. The van der Waals surface area contributed by atoms with Crippen molar-refractivity contribution >= 4 is 29.9 Å². The van der Waals surface area contributed by atoms with E-state index in [4.69, 9.17) is 9.39 Å². The summed E-state index contributed by atoms with van der Waals surface area (Å²) in [5.41, 5.74) is 1.83. The number of benzene rings is 1. The summed E-state index contributed by atoms with van der Waals surface area (Å²) in [5, 5.41) is 11.5. The van der Waals surface area contributed by atoms with Gasteiger partial charge >= 0.3 is 13.1 Å². The zero-order chi connectivity index (χ0) is 14.1. The quantitative estimate of drug-likeness (QED) is 0.670. The van der Waals surface area contributed by atoms with Gasteiger partial charge in [-0.25, -0.2) is 4.79 Å². The summed E-state index contributed by atoms with van der Waals surface area (Å²) in [6.07, 6.45) is 0. The molecule has 0 saturated heterocycles. The van der Waals surface area contributed by atoms with E-state index in [1.807, 2.05) is 0 Å². The number of carbonyl (C=O) groups is 1. The maximum atomic E-state index is 11.3. The molecule has 0 spiro atoms. The minimum absolute atomic E-state index is 0.215. The molecule has 102 valence electrons. The third kappa shape index (κ3) is 2.40. The van der Waals surface area contributed by atoms with Gasteiger partial charge in [0, 0.05) is 5.38 Å². The molecule has 1 aliphatic heterocycles. The van der Waals surface area contributed by atoms with Gasteiger partial charge in [0.05, 0.1) is 13.7 Å². The lowest BCUT2D eigenvalue weighted by Gasteiger charge is -2.04. The Kier molecular flexibility index (Phi) is 3.43. The van der Waals surface area contributed by atoms with Crippen molar-refractivity contribution in [2.45, 2.75) is 6.61 Å². The highest BCUT2D eigenvalue weighted by atomic mass is 32.1. The van der Waals surface area contributed by atoms with Crippen LogP contribution in [0, 0.1) is 0 Å². The largest absolute Gasteiger partial charge is 0.491 e. The van der Waals surface area contributed by atoms with Crippen molar-refractivity contribution in [3.63, 3.8) is 0 Å². The van der Waals surface area contributed by atoms with Crippen LogP contribution in [0.15, 0.2) is 23.6 Å². The molecule has 20 heavy (non-hydrogen) atoms. The lowest BCUT2D eigenvalue weighted by atomic mass is 9.80. The molecule has 6 nitrogen and oxygen atoms in total. The Morgan fingerprint density at radius 3 is 3.20 bits per heavy atom. The van der Waals surface area contributed by atoms with Crippen LogP contribution < -0.4 is 10.2 Å². The van der Waals surface area contributed by atoms with Crippen molar-refractivity contribution in [1.29, 1.82) is 0 Å². The minimum atomic E-state index is -0.871. The first kappa shape index (κ1) is 13.1. The zero-order valence-corrected chi connectivity index (χ0v) is 11.3. The van der Waals surface area contributed by atoms with Gasteiger partial charge in [0.25, 0.3) is 5.19 Å². The number of rotatable bonds is 3. The van der Waals surface area contributed by atoms with Crippen molar-refractivity contribution in [3.8, 4) is 10.9 Å². The van der Waals surface area contributed by atoms with Gasteiger partial charge in [-0.3, -0.25) is 0 Å². The summed E-state index contributed by atoms with van der Waals surface area (Å²) in [7, 11) is 0.429. The lowest BCUT2D eigenvalue weighted by Crippen LogP contribution is -2.27. The van der Waals surface area contributed by atoms with Crippen molar-refractivity contribution in [3.05, 3.63) is 34.8 Å². The summed E-state index contributed by atoms with van der Waals surface area (Å²) >= 11 is 1.21. The van der Waals surface area contributed by atoms with Crippen LogP contribution in [0.25, 0.3) is 0 Å². The molecular formula is C12H10BNO5S. The summed E-state index contributed by atoms with van der Waals surface area (Å²) in [6.45, 7) is 0.346. The molecule has 8 heteroatoms. The maximum absolute atomic E-state index is 11.3. The molecule has 0 fully saturated rings. The number of ether oxygens (including phenoxy) is 2. The molecule has 0 saturated carbocycles. The van der Waals surface area contributed by atoms with Gasteiger partial charge in [-0.1, -0.05) is 17.4 Å². The standard InChI is InChI=1S/C12H10BNO5S/c1-17-11(15)10-6-20-12(14-10)19-8-2-3-9-7(4-8)5-18-13(9)16/h2-4,6,16H,5H2,1H3. The fourth-order valence-electron chi connectivity index (χ4n) is 1.87. The van der Waals surface area contributed by atoms with E-state index in [9.17, 15) is 9.82 Å². The predicted octanol–water partition coefficient (Wildman–Crippen LogP) is 0.940. The second-order valence-corrected chi connectivity index (χ2v) is 4.94. The molecule has 3 rings (SSSR count). The molecule has 1 aromatic heterocycles. The number of carbonyl (C=O) groups excluding carboxylic acids is 1. The molecule has 2 aromatic rings. The fraction of sp³-hybridized carbons (Fsp3) is 0.167. The average Bonchev–Trinajstić information content (AvgIpc) is 3.06. The summed E-state index contributed by atoms with van der Waals surface area (Å²) < 4.78 is 15.3. The van der Waals surface area contributed by atoms with Gasteiger partial charge in [-0.2, -0.15) is 4.98 Å². The van der Waals surface area contributed by atoms with E-state index in [0.29, 0.717) is 17.6 Å². The Morgan fingerprint density at radius 1 is 1.55 bits per heavy atom. The normalized spacial score (nSPS) is 13.2. The van der Waals surface area contributed by atoms with Crippen LogP contribution in [-0.4, -0.2) is 30.2 Å². The Hall–Kier alpha value is -1.90. The summed E-state index contributed by atoms with van der Waals surface area (Å²) in [5.74, 6) is 0.0776. The van der Waals surface area contributed by atoms with Crippen molar-refractivity contribution in [2.24, 2.45) is 0 Å². The first-order valence-corrected chi connectivity index (χ1v) is 6.69. The highest BCUT2D eigenvalue weighted by Crippen LogP contribution is 2.26. The van der Waals surface area contributed by atoms with Gasteiger partial charge in [-0.05, 0) is 23.2 Å². The Morgan fingerprint density at radius 2 is 2.40 bits per heavy atom. The Bertz CT molecular complexity index is 659. The van der Waals surface area contributed by atoms with E-state index in [-0.39, 0.29) is 5.69 Å². The van der Waals surface area contributed by atoms with Crippen LogP contribution in [0.2, 0.25) is 0 Å². The number of hydrogen-bond acceptors (Lipinski definition) is 7. The van der Waals surface area contributed by atoms with Crippen LogP contribution in [0.1, 0.15) is 16.1 Å². The molecular weight excluding hydrogens is 281 g/mol. The third-order valence-corrected chi connectivity index (χ3v) is 3.58. The second kappa shape index (κ2) is 5.24. The van der Waals surface area contributed by atoms with Crippen molar-refractivity contribution in [1.82, 2.24) is 4.98 Å². The molecule has 2 heterocycles. The Labute approximate surface area is 119 Å². The van der Waals surface area contributed by atoms with E-state index in [1.54, 1.807) is 23.6 Å². The number of thiazole rings is 1. The average molecular weight is 291 g/mol. The van der Waals surface area contributed by atoms with Crippen LogP contribution in [0.4, 0.5) is 0 Å². The van der Waals surface area contributed by atoms with E-state index in [1.165, 1.54) is 18.4 Å². The van der Waals surface area contributed by atoms with E-state index in [0.717, 1.165) is 11.0 Å². The molecule has 0 unspecified atom stereocenters. The maximum Gasteiger partial charge on any atom is 0.491 e. The van der Waals surface area contributed by atoms with E-state index >= 15 is 0 Å². The highest BCUT2D eigenvalue weighted by Gasteiger charge is 2.27. The molecule has 0 radical (unpaired) electrons. The first-order valence-electron chi connectivity index (χ1n) is 5.81. The van der Waals surface area contributed by atoms with Gasteiger partial charge < -0.3 is 19.2 Å². The van der Waals surface area contributed by atoms with Gasteiger partial charge in [0.1, 0.15) is 5.75 Å². The summed E-state index contributed by atoms with van der Waals surface area (Å²) in [4.78, 5) is 15.3.